The standard InChI is InChI=1S/C18H29N3O2/c1-15(8-7-13-22)19-18(23)20-16-9-6-10-17(14-16)21-11-4-2-3-5-12-21/h6,9-10,14-15,22H,2-5,7-8,11-13H2,1H3,(H2,19,20,23). The van der Waals surface area contributed by atoms with Crippen LogP contribution >= 0.6 is 0 Å². The third-order valence-corrected chi connectivity index (χ3v) is 4.25. The van der Waals surface area contributed by atoms with E-state index < -0.39 is 0 Å². The van der Waals surface area contributed by atoms with Crippen LogP contribution in [0.5, 0.6) is 0 Å². The summed E-state index contributed by atoms with van der Waals surface area (Å²) < 4.78 is 0. The quantitative estimate of drug-likeness (QED) is 0.753. The number of nitrogens with one attached hydrogen (secondary N) is 2. The van der Waals surface area contributed by atoms with E-state index in [1.165, 1.54) is 31.4 Å². The molecular formula is C18H29N3O2. The van der Waals surface area contributed by atoms with Crippen molar-refractivity contribution in [2.24, 2.45) is 0 Å². The van der Waals surface area contributed by atoms with Crippen molar-refractivity contribution in [2.45, 2.75) is 51.5 Å². The lowest BCUT2D eigenvalue weighted by Gasteiger charge is -2.23. The Morgan fingerprint density at radius 3 is 2.70 bits per heavy atom. The summed E-state index contributed by atoms with van der Waals surface area (Å²) in [7, 11) is 0. The summed E-state index contributed by atoms with van der Waals surface area (Å²) in [4.78, 5) is 14.4. The summed E-state index contributed by atoms with van der Waals surface area (Å²) in [5.41, 5.74) is 2.00. The van der Waals surface area contributed by atoms with E-state index >= 15 is 0 Å². The zero-order valence-electron chi connectivity index (χ0n) is 14.1. The number of amides is 2. The van der Waals surface area contributed by atoms with Crippen LogP contribution < -0.4 is 15.5 Å². The van der Waals surface area contributed by atoms with Gasteiger partial charge in [0.15, 0.2) is 0 Å². The van der Waals surface area contributed by atoms with Gasteiger partial charge in [0.1, 0.15) is 0 Å². The van der Waals surface area contributed by atoms with Gasteiger partial charge in [-0.25, -0.2) is 4.79 Å². The molecule has 1 aliphatic heterocycles. The number of urea groups is 1. The Bertz CT molecular complexity index is 485. The molecule has 0 aliphatic carbocycles. The third kappa shape index (κ3) is 6.10. The van der Waals surface area contributed by atoms with Crippen molar-refractivity contribution in [1.82, 2.24) is 5.32 Å². The van der Waals surface area contributed by atoms with Gasteiger partial charge in [-0.1, -0.05) is 18.9 Å². The van der Waals surface area contributed by atoms with Gasteiger partial charge >= 0.3 is 6.03 Å². The molecule has 3 N–H and O–H groups in total. The first kappa shape index (κ1) is 17.6. The van der Waals surface area contributed by atoms with Gasteiger partial charge in [0, 0.05) is 37.1 Å². The van der Waals surface area contributed by atoms with Crippen LogP contribution in [0.15, 0.2) is 24.3 Å². The molecule has 1 atom stereocenters. The van der Waals surface area contributed by atoms with Crippen LogP contribution in [0.25, 0.3) is 0 Å². The maximum absolute atomic E-state index is 12.0. The van der Waals surface area contributed by atoms with Gasteiger partial charge in [0.2, 0.25) is 0 Å². The molecule has 0 radical (unpaired) electrons. The van der Waals surface area contributed by atoms with E-state index in [4.69, 9.17) is 5.11 Å². The van der Waals surface area contributed by atoms with Gasteiger partial charge in [0.05, 0.1) is 0 Å². The van der Waals surface area contributed by atoms with Crippen LogP contribution in [0.2, 0.25) is 0 Å². The van der Waals surface area contributed by atoms with Crippen LogP contribution in [0.3, 0.4) is 0 Å². The highest BCUT2D eigenvalue weighted by Crippen LogP contribution is 2.22. The van der Waals surface area contributed by atoms with Crippen molar-refractivity contribution in [3.05, 3.63) is 24.3 Å². The first-order valence-electron chi connectivity index (χ1n) is 8.72. The van der Waals surface area contributed by atoms with Crippen molar-refractivity contribution < 1.29 is 9.90 Å². The van der Waals surface area contributed by atoms with Crippen LogP contribution in [0, 0.1) is 0 Å². The summed E-state index contributed by atoms with van der Waals surface area (Å²) >= 11 is 0. The number of rotatable bonds is 6. The number of hydrogen-bond donors (Lipinski definition) is 3. The molecule has 0 aromatic heterocycles. The van der Waals surface area contributed by atoms with Crippen molar-refractivity contribution >= 4 is 17.4 Å². The molecule has 1 unspecified atom stereocenters. The number of carbonyl (C=O) groups excluding carboxylic acids is 1. The second-order valence-electron chi connectivity index (χ2n) is 6.32. The van der Waals surface area contributed by atoms with Crippen molar-refractivity contribution in [3.63, 3.8) is 0 Å². The molecule has 1 heterocycles. The summed E-state index contributed by atoms with van der Waals surface area (Å²) in [6, 6.07) is 7.92. The molecule has 2 rings (SSSR count). The van der Waals surface area contributed by atoms with E-state index in [2.05, 4.69) is 21.6 Å². The average molecular weight is 319 g/mol. The smallest absolute Gasteiger partial charge is 0.319 e. The van der Waals surface area contributed by atoms with Crippen LogP contribution in [0.4, 0.5) is 16.2 Å². The number of anilines is 2. The van der Waals surface area contributed by atoms with E-state index in [1.807, 2.05) is 25.1 Å². The number of aliphatic hydroxyl groups excluding tert-OH is 1. The highest BCUT2D eigenvalue weighted by atomic mass is 16.3. The first-order valence-corrected chi connectivity index (χ1v) is 8.72. The van der Waals surface area contributed by atoms with Crippen LogP contribution in [0.1, 0.15) is 45.4 Å². The molecule has 0 saturated carbocycles. The zero-order chi connectivity index (χ0) is 16.5. The Morgan fingerprint density at radius 2 is 2.00 bits per heavy atom. The first-order chi connectivity index (χ1) is 11.2. The summed E-state index contributed by atoms with van der Waals surface area (Å²) in [6.07, 6.45) is 6.57. The number of nitrogens with zero attached hydrogens (tertiary/aromatic N) is 1. The van der Waals surface area contributed by atoms with Crippen molar-refractivity contribution in [1.29, 1.82) is 0 Å². The molecule has 1 aliphatic rings. The number of hydrogen-bond acceptors (Lipinski definition) is 3. The topological polar surface area (TPSA) is 64.6 Å². The fourth-order valence-corrected chi connectivity index (χ4v) is 2.97. The molecule has 23 heavy (non-hydrogen) atoms. The van der Waals surface area contributed by atoms with Crippen molar-refractivity contribution in [3.8, 4) is 0 Å². The Hall–Kier alpha value is -1.75. The largest absolute Gasteiger partial charge is 0.396 e. The van der Waals surface area contributed by atoms with E-state index in [0.717, 1.165) is 25.2 Å². The molecule has 128 valence electrons. The highest BCUT2D eigenvalue weighted by molar-refractivity contribution is 5.90. The molecule has 1 aromatic rings. The average Bonchev–Trinajstić information content (AvgIpc) is 2.82. The van der Waals surface area contributed by atoms with Gasteiger partial charge < -0.3 is 20.6 Å². The Kier molecular flexibility index (Phi) is 7.20. The molecule has 0 bridgehead atoms. The molecule has 2 amide bonds. The lowest BCUT2D eigenvalue weighted by molar-refractivity contribution is 0.245. The molecule has 5 heteroatoms. The van der Waals surface area contributed by atoms with Gasteiger partial charge in [-0.15, -0.1) is 0 Å². The fourth-order valence-electron chi connectivity index (χ4n) is 2.97. The SMILES string of the molecule is CC(CCCO)NC(=O)Nc1cccc(N2CCCCCC2)c1. The molecule has 1 aromatic carbocycles. The molecular weight excluding hydrogens is 290 g/mol. The number of aliphatic hydroxyl groups is 1. The molecule has 1 fully saturated rings. The highest BCUT2D eigenvalue weighted by Gasteiger charge is 2.11. The molecule has 5 nitrogen and oxygen atoms in total. The molecule has 1 saturated heterocycles. The number of benzene rings is 1. The monoisotopic (exact) mass is 319 g/mol. The lowest BCUT2D eigenvalue weighted by Crippen LogP contribution is -2.36. The zero-order valence-corrected chi connectivity index (χ0v) is 14.1. The minimum atomic E-state index is -0.191. The predicted molar refractivity (Wildman–Crippen MR) is 95.1 cm³/mol. The van der Waals surface area contributed by atoms with E-state index in [0.29, 0.717) is 6.42 Å². The third-order valence-electron chi connectivity index (χ3n) is 4.25. The van der Waals surface area contributed by atoms with Crippen molar-refractivity contribution in [2.75, 3.05) is 29.9 Å². The van der Waals surface area contributed by atoms with Gasteiger partial charge in [-0.3, -0.25) is 0 Å². The number of carbonyl (C=O) groups is 1. The molecule has 0 spiro atoms. The summed E-state index contributed by atoms with van der Waals surface area (Å²) in [6.45, 7) is 4.29. The Morgan fingerprint density at radius 1 is 1.26 bits per heavy atom. The second kappa shape index (κ2) is 9.40. The van der Waals surface area contributed by atoms with Crippen LogP contribution in [-0.4, -0.2) is 36.9 Å². The summed E-state index contributed by atoms with van der Waals surface area (Å²) in [5.74, 6) is 0. The lowest BCUT2D eigenvalue weighted by atomic mass is 10.2. The Balaban J connectivity index is 1.90. The van der Waals surface area contributed by atoms with Gasteiger partial charge in [0.25, 0.3) is 0 Å². The second-order valence-corrected chi connectivity index (χ2v) is 6.32. The maximum atomic E-state index is 12.0. The van der Waals surface area contributed by atoms with Gasteiger partial charge in [-0.05, 0) is 50.8 Å². The minimum Gasteiger partial charge on any atom is -0.396 e. The van der Waals surface area contributed by atoms with Crippen LogP contribution in [-0.2, 0) is 0 Å². The minimum absolute atomic E-state index is 0.0518. The maximum Gasteiger partial charge on any atom is 0.319 e. The van der Waals surface area contributed by atoms with Gasteiger partial charge in [-0.2, -0.15) is 0 Å². The van der Waals surface area contributed by atoms with E-state index in [-0.39, 0.29) is 18.7 Å². The predicted octanol–water partition coefficient (Wildman–Crippen LogP) is 3.35. The fraction of sp³-hybridized carbons (Fsp3) is 0.611. The van der Waals surface area contributed by atoms with E-state index in [9.17, 15) is 4.79 Å². The normalized spacial score (nSPS) is 16.5. The Labute approximate surface area is 139 Å². The summed E-state index contributed by atoms with van der Waals surface area (Å²) in [5, 5.41) is 14.6. The van der Waals surface area contributed by atoms with E-state index in [1.54, 1.807) is 0 Å².